The van der Waals surface area contributed by atoms with E-state index < -0.39 is 0 Å². The van der Waals surface area contributed by atoms with Crippen LogP contribution in [0.3, 0.4) is 0 Å². The van der Waals surface area contributed by atoms with Crippen LogP contribution in [0.15, 0.2) is 46.0 Å². The summed E-state index contributed by atoms with van der Waals surface area (Å²) in [6, 6.07) is 10.3. The second-order valence-corrected chi connectivity index (χ2v) is 5.99. The topological polar surface area (TPSA) is 66.6 Å². The maximum atomic E-state index is 5.67. The maximum absolute atomic E-state index is 5.67. The highest BCUT2D eigenvalue weighted by atomic mass is 32.2. The molecule has 0 radical (unpaired) electrons. The van der Waals surface area contributed by atoms with Gasteiger partial charge in [-0.3, -0.25) is 0 Å². The number of aromatic nitrogens is 2. The van der Waals surface area contributed by atoms with Crippen LogP contribution in [0, 0.1) is 5.92 Å². The molecular formula is C16H22N3OS+. The summed E-state index contributed by atoms with van der Waals surface area (Å²) in [5.41, 5.74) is 5.30. The van der Waals surface area contributed by atoms with Crippen molar-refractivity contribution in [1.82, 2.24) is 10.2 Å². The molecule has 3 N–H and O–H groups in total. The fraction of sp³-hybridized carbons (Fsp3) is 0.375. The molecule has 0 aliphatic rings. The van der Waals surface area contributed by atoms with E-state index in [1.807, 2.05) is 18.2 Å². The molecule has 5 heteroatoms. The molecule has 0 spiro atoms. The van der Waals surface area contributed by atoms with E-state index in [4.69, 9.17) is 4.42 Å². The Balaban J connectivity index is 1.84. The SMILES string of the molecule is CC[C@@H](C)[C@H]([NH3+])c1nnc(SC/C=C/c2ccccc2)o1. The Bertz CT molecular complexity index is 568. The van der Waals surface area contributed by atoms with E-state index in [1.165, 1.54) is 5.56 Å². The first-order valence-corrected chi connectivity index (χ1v) is 8.20. The van der Waals surface area contributed by atoms with Crippen LogP contribution in [0.2, 0.25) is 0 Å². The van der Waals surface area contributed by atoms with Gasteiger partial charge in [0, 0.05) is 11.7 Å². The van der Waals surface area contributed by atoms with Crippen molar-refractivity contribution in [3.05, 3.63) is 47.9 Å². The van der Waals surface area contributed by atoms with Crippen LogP contribution < -0.4 is 5.73 Å². The molecule has 0 unspecified atom stereocenters. The van der Waals surface area contributed by atoms with Crippen LogP contribution in [-0.2, 0) is 0 Å². The summed E-state index contributed by atoms with van der Waals surface area (Å²) < 4.78 is 5.67. The van der Waals surface area contributed by atoms with E-state index in [0.717, 1.165) is 12.2 Å². The summed E-state index contributed by atoms with van der Waals surface area (Å²) >= 11 is 1.54. The van der Waals surface area contributed by atoms with Crippen molar-refractivity contribution in [2.45, 2.75) is 31.5 Å². The van der Waals surface area contributed by atoms with Crippen molar-refractivity contribution in [1.29, 1.82) is 0 Å². The van der Waals surface area contributed by atoms with Crippen molar-refractivity contribution >= 4 is 17.8 Å². The molecule has 0 aliphatic heterocycles. The predicted octanol–water partition coefficient (Wildman–Crippen LogP) is 3.20. The van der Waals surface area contributed by atoms with Gasteiger partial charge in [-0.05, 0) is 12.0 Å². The highest BCUT2D eigenvalue weighted by molar-refractivity contribution is 7.99. The number of benzene rings is 1. The molecule has 0 saturated carbocycles. The average Bonchev–Trinajstić information content (AvgIpc) is 3.00. The van der Waals surface area contributed by atoms with Crippen molar-refractivity contribution in [3.8, 4) is 0 Å². The summed E-state index contributed by atoms with van der Waals surface area (Å²) in [5.74, 6) is 1.89. The average molecular weight is 304 g/mol. The van der Waals surface area contributed by atoms with Crippen LogP contribution in [0.25, 0.3) is 6.08 Å². The summed E-state index contributed by atoms with van der Waals surface area (Å²) in [7, 11) is 0. The Kier molecular flexibility index (Phi) is 6.02. The number of hydrogen-bond acceptors (Lipinski definition) is 4. The molecule has 0 saturated heterocycles. The third-order valence-corrected chi connectivity index (χ3v) is 4.25. The highest BCUT2D eigenvalue weighted by Gasteiger charge is 2.23. The van der Waals surface area contributed by atoms with Crippen molar-refractivity contribution in [2.24, 2.45) is 5.92 Å². The van der Waals surface area contributed by atoms with E-state index in [-0.39, 0.29) is 6.04 Å². The van der Waals surface area contributed by atoms with Crippen LogP contribution in [0.5, 0.6) is 0 Å². The van der Waals surface area contributed by atoms with Crippen LogP contribution in [0.1, 0.15) is 37.8 Å². The number of hydrogen-bond donors (Lipinski definition) is 1. The molecule has 2 atom stereocenters. The lowest BCUT2D eigenvalue weighted by Gasteiger charge is -2.09. The second kappa shape index (κ2) is 8.00. The Morgan fingerprint density at radius 2 is 2.05 bits per heavy atom. The van der Waals surface area contributed by atoms with Crippen molar-refractivity contribution < 1.29 is 10.2 Å². The minimum absolute atomic E-state index is 0.0664. The van der Waals surface area contributed by atoms with Gasteiger partial charge >= 0.3 is 0 Å². The zero-order valence-electron chi connectivity index (χ0n) is 12.5. The summed E-state index contributed by atoms with van der Waals surface area (Å²) in [5, 5.41) is 8.78. The van der Waals surface area contributed by atoms with Crippen LogP contribution in [0.4, 0.5) is 0 Å². The standard InChI is InChI=1S/C16H21N3OS/c1-3-12(2)14(17)15-18-19-16(20-15)21-11-7-10-13-8-5-4-6-9-13/h4-10,12,14H,3,11,17H2,1-2H3/p+1/b10-7+/t12-,14+/m1/s1. The van der Waals surface area contributed by atoms with E-state index in [0.29, 0.717) is 17.0 Å². The highest BCUT2D eigenvalue weighted by Crippen LogP contribution is 2.23. The van der Waals surface area contributed by atoms with Gasteiger partial charge in [0.15, 0.2) is 6.04 Å². The molecule has 4 nitrogen and oxygen atoms in total. The third kappa shape index (κ3) is 4.72. The van der Waals surface area contributed by atoms with Gasteiger partial charge in [-0.2, -0.15) is 0 Å². The first-order valence-electron chi connectivity index (χ1n) is 7.21. The van der Waals surface area contributed by atoms with Gasteiger partial charge < -0.3 is 10.2 Å². The number of nitrogens with zero attached hydrogens (tertiary/aromatic N) is 2. The molecular weight excluding hydrogens is 282 g/mol. The Hall–Kier alpha value is -1.59. The Labute approximate surface area is 129 Å². The molecule has 21 heavy (non-hydrogen) atoms. The van der Waals surface area contributed by atoms with Gasteiger partial charge in [0.25, 0.3) is 11.1 Å². The van der Waals surface area contributed by atoms with E-state index in [9.17, 15) is 0 Å². The largest absolute Gasteiger partial charge is 0.410 e. The molecule has 112 valence electrons. The molecule has 1 heterocycles. The maximum Gasteiger partial charge on any atom is 0.277 e. The molecule has 2 rings (SSSR count). The zero-order valence-corrected chi connectivity index (χ0v) is 13.3. The molecule has 0 bridgehead atoms. The lowest BCUT2D eigenvalue weighted by molar-refractivity contribution is -0.444. The lowest BCUT2D eigenvalue weighted by atomic mass is 10.0. The molecule has 0 amide bonds. The zero-order chi connectivity index (χ0) is 15.1. The first kappa shape index (κ1) is 15.8. The third-order valence-electron chi connectivity index (χ3n) is 3.48. The predicted molar refractivity (Wildman–Crippen MR) is 85.6 cm³/mol. The molecule has 1 aromatic carbocycles. The minimum atomic E-state index is 0.0664. The summed E-state index contributed by atoms with van der Waals surface area (Å²) in [4.78, 5) is 0. The Morgan fingerprint density at radius 1 is 1.29 bits per heavy atom. The molecule has 1 aromatic heterocycles. The van der Waals surface area contributed by atoms with E-state index in [2.05, 4.69) is 54.1 Å². The fourth-order valence-electron chi connectivity index (χ4n) is 1.82. The number of rotatable bonds is 7. The smallest absolute Gasteiger partial charge is 0.277 e. The normalized spacial score (nSPS) is 14.4. The minimum Gasteiger partial charge on any atom is -0.410 e. The first-order chi connectivity index (χ1) is 10.2. The Morgan fingerprint density at radius 3 is 2.76 bits per heavy atom. The number of quaternary nitrogens is 1. The monoisotopic (exact) mass is 304 g/mol. The van der Waals surface area contributed by atoms with E-state index >= 15 is 0 Å². The van der Waals surface area contributed by atoms with Gasteiger partial charge in [-0.25, -0.2) is 0 Å². The molecule has 0 aliphatic carbocycles. The quantitative estimate of drug-likeness (QED) is 0.798. The van der Waals surface area contributed by atoms with Gasteiger partial charge in [0.1, 0.15) is 0 Å². The number of thioether (sulfide) groups is 1. The second-order valence-electron chi connectivity index (χ2n) is 5.02. The van der Waals surface area contributed by atoms with Gasteiger partial charge in [0.2, 0.25) is 0 Å². The summed E-state index contributed by atoms with van der Waals surface area (Å²) in [6.45, 7) is 4.29. The van der Waals surface area contributed by atoms with Gasteiger partial charge in [-0.15, -0.1) is 10.2 Å². The molecule has 2 aromatic rings. The summed E-state index contributed by atoms with van der Waals surface area (Å²) in [6.07, 6.45) is 5.24. The fourth-order valence-corrected chi connectivity index (χ4v) is 2.40. The molecule has 0 fully saturated rings. The van der Waals surface area contributed by atoms with Gasteiger partial charge in [-0.1, -0.05) is 68.1 Å². The lowest BCUT2D eigenvalue weighted by Crippen LogP contribution is -2.56. The van der Waals surface area contributed by atoms with Crippen LogP contribution >= 0.6 is 11.8 Å². The van der Waals surface area contributed by atoms with Crippen LogP contribution in [-0.4, -0.2) is 16.0 Å². The van der Waals surface area contributed by atoms with Crippen molar-refractivity contribution in [2.75, 3.05) is 5.75 Å². The van der Waals surface area contributed by atoms with Gasteiger partial charge in [0.05, 0.1) is 0 Å². The van der Waals surface area contributed by atoms with E-state index in [1.54, 1.807) is 11.8 Å². The van der Waals surface area contributed by atoms with Crippen molar-refractivity contribution in [3.63, 3.8) is 0 Å².